The van der Waals surface area contributed by atoms with E-state index in [1.54, 1.807) is 42.7 Å². The van der Waals surface area contributed by atoms with Gasteiger partial charge in [-0.05, 0) is 38.1 Å². The highest BCUT2D eigenvalue weighted by atomic mass is 32.2. The van der Waals surface area contributed by atoms with E-state index in [4.69, 9.17) is 9.15 Å². The van der Waals surface area contributed by atoms with Gasteiger partial charge in [0.2, 0.25) is 5.91 Å². The Morgan fingerprint density at radius 1 is 1.11 bits per heavy atom. The van der Waals surface area contributed by atoms with Gasteiger partial charge in [0.25, 0.3) is 5.91 Å². The van der Waals surface area contributed by atoms with E-state index >= 15 is 0 Å². The number of ether oxygens (including phenoxy) is 1. The molecule has 7 nitrogen and oxygen atoms in total. The number of thioether (sulfide) groups is 1. The minimum Gasteiger partial charge on any atom is -0.467 e. The first-order valence-electron chi connectivity index (χ1n) is 8.43. The van der Waals surface area contributed by atoms with E-state index in [1.165, 1.54) is 11.8 Å². The van der Waals surface area contributed by atoms with Crippen LogP contribution in [0.25, 0.3) is 0 Å². The maximum atomic E-state index is 12.3. The van der Waals surface area contributed by atoms with Gasteiger partial charge in [-0.2, -0.15) is 0 Å². The highest BCUT2D eigenvalue weighted by Crippen LogP contribution is 2.23. The van der Waals surface area contributed by atoms with Gasteiger partial charge in [-0.1, -0.05) is 12.1 Å². The molecule has 0 aliphatic rings. The Hall–Kier alpha value is -2.74. The lowest BCUT2D eigenvalue weighted by Gasteiger charge is -2.11. The van der Waals surface area contributed by atoms with Crippen LogP contribution in [0, 0.1) is 0 Å². The fourth-order valence-electron chi connectivity index (χ4n) is 2.13. The first-order chi connectivity index (χ1) is 13.0. The van der Waals surface area contributed by atoms with Gasteiger partial charge in [0.1, 0.15) is 5.76 Å². The number of benzene rings is 1. The van der Waals surface area contributed by atoms with Crippen molar-refractivity contribution in [1.29, 1.82) is 0 Å². The van der Waals surface area contributed by atoms with Gasteiger partial charge in [0.15, 0.2) is 6.61 Å². The molecule has 0 saturated carbocycles. The summed E-state index contributed by atoms with van der Waals surface area (Å²) < 4.78 is 10.2. The van der Waals surface area contributed by atoms with Crippen molar-refractivity contribution in [2.24, 2.45) is 0 Å². The van der Waals surface area contributed by atoms with Crippen LogP contribution in [-0.2, 0) is 20.9 Å². The topological polar surface area (TPSA) is 97.6 Å². The summed E-state index contributed by atoms with van der Waals surface area (Å²) in [5.74, 6) is -0.347. The molecule has 1 heterocycles. The molecule has 0 saturated heterocycles. The normalized spacial score (nSPS) is 10.5. The minimum absolute atomic E-state index is 0.0290. The number of nitrogens with one attached hydrogen (secondary N) is 2. The highest BCUT2D eigenvalue weighted by molar-refractivity contribution is 8.00. The van der Waals surface area contributed by atoms with Crippen molar-refractivity contribution in [3.05, 3.63) is 54.0 Å². The van der Waals surface area contributed by atoms with Gasteiger partial charge in [0.05, 0.1) is 24.1 Å². The number of rotatable bonds is 9. The van der Waals surface area contributed by atoms with Crippen molar-refractivity contribution in [2.75, 3.05) is 12.4 Å². The number of carbonyl (C=O) groups excluding carboxylic acids is 3. The summed E-state index contributed by atoms with van der Waals surface area (Å²) >= 11 is 1.22. The molecule has 0 aliphatic carbocycles. The van der Waals surface area contributed by atoms with Crippen molar-refractivity contribution in [2.45, 2.75) is 31.3 Å². The predicted octanol–water partition coefficient (Wildman–Crippen LogP) is 2.37. The molecule has 1 aromatic heterocycles. The average molecular weight is 390 g/mol. The molecule has 0 atom stereocenters. The molecule has 27 heavy (non-hydrogen) atoms. The number of hydrogen-bond acceptors (Lipinski definition) is 6. The van der Waals surface area contributed by atoms with Crippen molar-refractivity contribution in [3.8, 4) is 0 Å². The Morgan fingerprint density at radius 3 is 2.59 bits per heavy atom. The average Bonchev–Trinajstić information content (AvgIpc) is 3.16. The van der Waals surface area contributed by atoms with Crippen LogP contribution >= 0.6 is 11.8 Å². The molecule has 2 amide bonds. The second kappa shape index (κ2) is 10.4. The van der Waals surface area contributed by atoms with Gasteiger partial charge < -0.3 is 19.8 Å². The van der Waals surface area contributed by atoms with Crippen LogP contribution in [-0.4, -0.2) is 36.2 Å². The van der Waals surface area contributed by atoms with Gasteiger partial charge in [0, 0.05) is 10.9 Å². The maximum absolute atomic E-state index is 12.3. The molecule has 2 aromatic rings. The first kappa shape index (κ1) is 20.6. The first-order valence-corrected chi connectivity index (χ1v) is 9.41. The van der Waals surface area contributed by atoms with Crippen molar-refractivity contribution >= 4 is 29.5 Å². The number of amides is 2. The molecule has 2 N–H and O–H groups in total. The second-order valence-corrected chi connectivity index (χ2v) is 6.96. The minimum atomic E-state index is -0.604. The van der Waals surface area contributed by atoms with E-state index in [0.717, 1.165) is 0 Å². The van der Waals surface area contributed by atoms with Crippen LogP contribution in [0.3, 0.4) is 0 Å². The standard InChI is InChI=1S/C19H22N2O5S/c1-13(2)21-17(22)11-26-19(24)15-7-3-4-8-16(15)27-12-18(23)20-10-14-6-5-9-25-14/h3-9,13H,10-12H2,1-2H3,(H,20,23)(H,21,22). The monoisotopic (exact) mass is 390 g/mol. The van der Waals surface area contributed by atoms with Gasteiger partial charge in [-0.25, -0.2) is 4.79 Å². The summed E-state index contributed by atoms with van der Waals surface area (Å²) in [6, 6.07) is 10.3. The smallest absolute Gasteiger partial charge is 0.339 e. The Bertz CT molecular complexity index is 774. The molecule has 0 unspecified atom stereocenters. The van der Waals surface area contributed by atoms with Crippen LogP contribution in [0.15, 0.2) is 52.0 Å². The van der Waals surface area contributed by atoms with Gasteiger partial charge >= 0.3 is 5.97 Å². The van der Waals surface area contributed by atoms with E-state index in [2.05, 4.69) is 10.6 Å². The molecule has 1 aromatic carbocycles. The highest BCUT2D eigenvalue weighted by Gasteiger charge is 2.16. The fourth-order valence-corrected chi connectivity index (χ4v) is 3.00. The van der Waals surface area contributed by atoms with Crippen LogP contribution < -0.4 is 10.6 Å². The van der Waals surface area contributed by atoms with E-state index < -0.39 is 5.97 Å². The summed E-state index contributed by atoms with van der Waals surface area (Å²) in [7, 11) is 0. The van der Waals surface area contributed by atoms with Gasteiger partial charge in [-0.15, -0.1) is 11.8 Å². The molecule has 0 aliphatic heterocycles. The third-order valence-corrected chi connectivity index (χ3v) is 4.36. The van der Waals surface area contributed by atoms with Crippen LogP contribution in [0.2, 0.25) is 0 Å². The number of furan rings is 1. The molecular weight excluding hydrogens is 368 g/mol. The zero-order chi connectivity index (χ0) is 19.6. The zero-order valence-corrected chi connectivity index (χ0v) is 16.0. The van der Waals surface area contributed by atoms with Crippen LogP contribution in [0.4, 0.5) is 0 Å². The summed E-state index contributed by atoms with van der Waals surface area (Å²) in [5, 5.41) is 5.39. The second-order valence-electron chi connectivity index (χ2n) is 5.94. The van der Waals surface area contributed by atoms with Crippen molar-refractivity contribution in [3.63, 3.8) is 0 Å². The molecule has 0 spiro atoms. The van der Waals surface area contributed by atoms with E-state index in [1.807, 2.05) is 13.8 Å². The summed E-state index contributed by atoms with van der Waals surface area (Å²) in [4.78, 5) is 36.4. The van der Waals surface area contributed by atoms with Crippen molar-refractivity contribution in [1.82, 2.24) is 10.6 Å². The number of esters is 1. The molecule has 144 valence electrons. The van der Waals surface area contributed by atoms with Crippen molar-refractivity contribution < 1.29 is 23.5 Å². The molecule has 0 bridgehead atoms. The van der Waals surface area contributed by atoms with E-state index in [-0.39, 0.29) is 30.2 Å². The van der Waals surface area contributed by atoms with E-state index in [9.17, 15) is 14.4 Å². The third kappa shape index (κ3) is 7.18. The van der Waals surface area contributed by atoms with E-state index in [0.29, 0.717) is 22.8 Å². The third-order valence-electron chi connectivity index (χ3n) is 3.29. The molecule has 0 fully saturated rings. The lowest BCUT2D eigenvalue weighted by molar-refractivity contribution is -0.124. The summed E-state index contributed by atoms with van der Waals surface area (Å²) in [6.07, 6.45) is 1.54. The Kier molecular flexibility index (Phi) is 7.94. The Morgan fingerprint density at radius 2 is 1.89 bits per heavy atom. The lowest BCUT2D eigenvalue weighted by Crippen LogP contribution is -2.34. The SMILES string of the molecule is CC(C)NC(=O)COC(=O)c1ccccc1SCC(=O)NCc1ccco1. The molecule has 8 heteroatoms. The molecule has 0 radical (unpaired) electrons. The van der Waals surface area contributed by atoms with Gasteiger partial charge in [-0.3, -0.25) is 9.59 Å². The van der Waals surface area contributed by atoms with Crippen LogP contribution in [0.1, 0.15) is 30.0 Å². The Labute approximate surface area is 161 Å². The number of hydrogen-bond donors (Lipinski definition) is 2. The Balaban J connectivity index is 1.85. The summed E-state index contributed by atoms with van der Waals surface area (Å²) in [6.45, 7) is 3.60. The quantitative estimate of drug-likeness (QED) is 0.504. The summed E-state index contributed by atoms with van der Waals surface area (Å²) in [5.41, 5.74) is 0.318. The lowest BCUT2D eigenvalue weighted by atomic mass is 10.2. The predicted molar refractivity (Wildman–Crippen MR) is 101 cm³/mol. The molecular formula is C19H22N2O5S. The fraction of sp³-hybridized carbons (Fsp3) is 0.316. The van der Waals surface area contributed by atoms with Crippen LogP contribution in [0.5, 0.6) is 0 Å². The largest absolute Gasteiger partial charge is 0.467 e. The number of carbonyl (C=O) groups is 3. The maximum Gasteiger partial charge on any atom is 0.339 e. The molecule has 2 rings (SSSR count). The zero-order valence-electron chi connectivity index (χ0n) is 15.2.